The SMILES string of the molecule is O=C([O-])c1ccc(-c2ccc(C=C3SC(S(=O)(=O)O)NC3S(=O)(=O)O)o2)cc1.O=C([O-])c1ccc(-c2ccc(C=C3SC(S(=O)(=O)O)NC3S(=O)(=O)O)o2)cc1.[Na+].[Na+]. The van der Waals surface area contributed by atoms with Gasteiger partial charge in [-0.15, -0.1) is 0 Å². The van der Waals surface area contributed by atoms with Gasteiger partial charge in [0.2, 0.25) is 0 Å². The molecule has 2 fully saturated rings. The Morgan fingerprint density at radius 3 is 1.10 bits per heavy atom. The number of hydrogen-bond donors (Lipinski definition) is 6. The van der Waals surface area contributed by atoms with Gasteiger partial charge in [-0.25, -0.2) is 0 Å². The summed E-state index contributed by atoms with van der Waals surface area (Å²) in [5, 5.41) is 22.3. The second-order valence-electron chi connectivity index (χ2n) is 11.3. The topological polar surface area (TPSA) is 348 Å². The fraction of sp³-hybridized carbons (Fsp3) is 0.133. The molecule has 58 heavy (non-hydrogen) atoms. The quantitative estimate of drug-likeness (QED) is 0.0639. The van der Waals surface area contributed by atoms with Crippen LogP contribution in [-0.2, 0) is 40.5 Å². The number of furan rings is 2. The largest absolute Gasteiger partial charge is 1.00 e. The summed E-state index contributed by atoms with van der Waals surface area (Å²) in [6, 6.07) is 17.3. The van der Waals surface area contributed by atoms with Crippen LogP contribution in [0.5, 0.6) is 0 Å². The number of carboxylic acid groups (broad SMARTS) is 2. The van der Waals surface area contributed by atoms with Gasteiger partial charge in [-0.2, -0.15) is 33.7 Å². The number of benzene rings is 2. The van der Waals surface area contributed by atoms with E-state index in [1.807, 2.05) is 0 Å². The number of carbonyl (C=O) groups is 2. The molecule has 0 spiro atoms. The van der Waals surface area contributed by atoms with Crippen LogP contribution in [0.3, 0.4) is 0 Å². The van der Waals surface area contributed by atoms with Crippen LogP contribution in [0.1, 0.15) is 32.2 Å². The summed E-state index contributed by atoms with van der Waals surface area (Å²) in [5.74, 6) is -1.69. The van der Waals surface area contributed by atoms with E-state index in [0.717, 1.165) is 0 Å². The minimum Gasteiger partial charge on any atom is -0.545 e. The van der Waals surface area contributed by atoms with Gasteiger partial charge in [0, 0.05) is 20.9 Å². The first-order valence-corrected chi connectivity index (χ1v) is 22.6. The van der Waals surface area contributed by atoms with Crippen LogP contribution in [0.15, 0.2) is 91.4 Å². The van der Waals surface area contributed by atoms with Crippen molar-refractivity contribution >= 4 is 88.1 Å². The number of hydrogen-bond acceptors (Lipinski definition) is 18. The summed E-state index contributed by atoms with van der Waals surface area (Å²) in [6.07, 6.45) is 2.42. The molecule has 4 heterocycles. The van der Waals surface area contributed by atoms with E-state index < -0.39 is 72.6 Å². The Balaban J connectivity index is 0.000000300. The van der Waals surface area contributed by atoms with Crippen molar-refractivity contribution in [2.45, 2.75) is 20.2 Å². The van der Waals surface area contributed by atoms with Crippen molar-refractivity contribution < 1.29 is 140 Å². The smallest absolute Gasteiger partial charge is 0.545 e. The van der Waals surface area contributed by atoms with Gasteiger partial charge in [0.25, 0.3) is 40.5 Å². The van der Waals surface area contributed by atoms with Gasteiger partial charge in [-0.3, -0.25) is 28.8 Å². The van der Waals surface area contributed by atoms with Crippen molar-refractivity contribution in [1.82, 2.24) is 10.6 Å². The Labute approximate surface area is 382 Å². The first-order valence-electron chi connectivity index (χ1n) is 14.9. The summed E-state index contributed by atoms with van der Waals surface area (Å²) in [6.45, 7) is 0. The second-order valence-corrected chi connectivity index (χ2v) is 20.2. The van der Waals surface area contributed by atoms with E-state index in [0.29, 0.717) is 46.2 Å². The Bertz CT molecular complexity index is 2490. The van der Waals surface area contributed by atoms with Crippen molar-refractivity contribution in [2.24, 2.45) is 0 Å². The average molecular weight is 939 g/mol. The Hall–Kier alpha value is -2.32. The molecule has 4 atom stereocenters. The van der Waals surface area contributed by atoms with Crippen LogP contribution in [-0.4, -0.2) is 84.0 Å². The molecule has 0 bridgehead atoms. The molecule has 2 aliphatic rings. The maximum Gasteiger partial charge on any atom is 1.00 e. The predicted octanol–water partition coefficient (Wildman–Crippen LogP) is -5.25. The van der Waals surface area contributed by atoms with Gasteiger partial charge in [-0.1, -0.05) is 72.1 Å². The first-order chi connectivity index (χ1) is 25.9. The molecule has 2 aromatic carbocycles. The van der Waals surface area contributed by atoms with E-state index in [-0.39, 0.29) is 91.6 Å². The molecule has 0 aliphatic carbocycles. The summed E-state index contributed by atoms with van der Waals surface area (Å²) < 4.78 is 136. The Morgan fingerprint density at radius 2 is 0.845 bits per heavy atom. The monoisotopic (exact) mass is 938 g/mol. The molecular formula is C30H24N2Na2O18S6. The maximum atomic E-state index is 11.5. The third-order valence-electron chi connectivity index (χ3n) is 7.35. The average Bonchev–Trinajstić information content (AvgIpc) is 3.91. The van der Waals surface area contributed by atoms with Gasteiger partial charge in [0.1, 0.15) is 23.0 Å². The molecule has 2 aromatic heterocycles. The van der Waals surface area contributed by atoms with Crippen LogP contribution >= 0.6 is 23.5 Å². The van der Waals surface area contributed by atoms with Gasteiger partial charge in [0.15, 0.2) is 20.2 Å². The number of rotatable bonds is 10. The molecule has 4 unspecified atom stereocenters. The van der Waals surface area contributed by atoms with Gasteiger partial charge < -0.3 is 28.6 Å². The van der Waals surface area contributed by atoms with Gasteiger partial charge in [-0.05, 0) is 47.5 Å². The normalized spacial score (nSPS) is 21.1. The fourth-order valence-corrected chi connectivity index (χ4v) is 11.5. The number of thioether (sulfide) groups is 2. The standard InChI is InChI=1S/2C15H13NO9S3.2Na/c2*17-14(18)9-3-1-8(2-4-9)11-6-5-10(25-11)7-12-13(27(19,20)21)16-15(26-12)28(22,23)24;;/h2*1-7,13,15-16H,(H,17,18)(H,19,20,21)(H,22,23,24);;/q;;2*+1/p-2. The summed E-state index contributed by atoms with van der Waals surface area (Å²) >= 11 is 0.997. The zero-order chi connectivity index (χ0) is 41.4. The molecule has 0 saturated carbocycles. The predicted molar refractivity (Wildman–Crippen MR) is 196 cm³/mol. The molecule has 28 heteroatoms. The fourth-order valence-electron chi connectivity index (χ4n) is 4.82. The van der Waals surface area contributed by atoms with E-state index >= 15 is 0 Å². The van der Waals surface area contributed by atoms with Crippen molar-refractivity contribution in [3.63, 3.8) is 0 Å². The van der Waals surface area contributed by atoms with Crippen molar-refractivity contribution in [3.8, 4) is 22.6 Å². The minimum absolute atomic E-state index is 0. The van der Waals surface area contributed by atoms with Gasteiger partial charge in [0.05, 0.1) is 11.9 Å². The first kappa shape index (κ1) is 50.0. The summed E-state index contributed by atoms with van der Waals surface area (Å²) in [4.78, 5) is 21.4. The van der Waals surface area contributed by atoms with Crippen LogP contribution < -0.4 is 80.0 Å². The van der Waals surface area contributed by atoms with E-state index in [9.17, 15) is 62.6 Å². The van der Waals surface area contributed by atoms with E-state index in [1.165, 1.54) is 84.9 Å². The minimum atomic E-state index is -4.70. The molecule has 6 N–H and O–H groups in total. The molecular weight excluding hydrogens is 915 g/mol. The van der Waals surface area contributed by atoms with Crippen LogP contribution in [0.2, 0.25) is 0 Å². The molecule has 6 rings (SSSR count). The molecule has 4 aromatic rings. The summed E-state index contributed by atoms with van der Waals surface area (Å²) in [7, 11) is -18.6. The van der Waals surface area contributed by atoms with Crippen LogP contribution in [0, 0.1) is 0 Å². The third kappa shape index (κ3) is 12.8. The Morgan fingerprint density at radius 1 is 0.534 bits per heavy atom. The number of aromatic carboxylic acids is 2. The van der Waals surface area contributed by atoms with Gasteiger partial charge >= 0.3 is 59.1 Å². The number of carboxylic acids is 2. The van der Waals surface area contributed by atoms with Crippen LogP contribution in [0.25, 0.3) is 34.8 Å². The Kier molecular flexibility index (Phi) is 16.9. The molecule has 0 radical (unpaired) electrons. The van der Waals surface area contributed by atoms with E-state index in [4.69, 9.17) is 17.9 Å². The summed E-state index contributed by atoms with van der Waals surface area (Å²) in [5.41, 5.74) is 1.04. The van der Waals surface area contributed by atoms with Crippen molar-refractivity contribution in [3.05, 3.63) is 105 Å². The molecule has 20 nitrogen and oxygen atoms in total. The van der Waals surface area contributed by atoms with E-state index in [2.05, 4.69) is 10.6 Å². The third-order valence-corrected chi connectivity index (χ3v) is 15.0. The van der Waals surface area contributed by atoms with Crippen molar-refractivity contribution in [1.29, 1.82) is 0 Å². The molecule has 2 saturated heterocycles. The maximum absolute atomic E-state index is 11.5. The number of nitrogens with one attached hydrogen (secondary N) is 2. The number of carbonyl (C=O) groups excluding carboxylic acids is 2. The molecule has 300 valence electrons. The zero-order valence-electron chi connectivity index (χ0n) is 29.3. The van der Waals surface area contributed by atoms with E-state index in [1.54, 1.807) is 0 Å². The van der Waals surface area contributed by atoms with Crippen LogP contribution in [0.4, 0.5) is 0 Å². The van der Waals surface area contributed by atoms with Crippen molar-refractivity contribution in [2.75, 3.05) is 0 Å². The second kappa shape index (κ2) is 19.6. The zero-order valence-corrected chi connectivity index (χ0v) is 38.2. The molecule has 0 amide bonds. The molecule has 2 aliphatic heterocycles.